The molecule has 0 saturated carbocycles. The van der Waals surface area contributed by atoms with Crippen molar-refractivity contribution in [1.29, 1.82) is 0 Å². The second kappa shape index (κ2) is 6.38. The molecule has 2 amide bonds. The van der Waals surface area contributed by atoms with E-state index in [0.717, 1.165) is 0 Å². The van der Waals surface area contributed by atoms with E-state index >= 15 is 0 Å². The topological polar surface area (TPSA) is 111 Å². The highest BCUT2D eigenvalue weighted by Gasteiger charge is 2.33. The molecule has 1 aromatic rings. The summed E-state index contributed by atoms with van der Waals surface area (Å²) in [5.41, 5.74) is 10.2. The summed E-state index contributed by atoms with van der Waals surface area (Å²) in [7, 11) is 0. The molecule has 0 saturated heterocycles. The maximum atomic E-state index is 12.1. The van der Waals surface area contributed by atoms with Crippen LogP contribution in [-0.2, 0) is 11.3 Å². The van der Waals surface area contributed by atoms with Crippen LogP contribution in [0.2, 0.25) is 0 Å². The van der Waals surface area contributed by atoms with E-state index in [9.17, 15) is 9.59 Å². The van der Waals surface area contributed by atoms with Crippen LogP contribution in [0, 0.1) is 5.41 Å². The third kappa shape index (κ3) is 3.35. The molecule has 106 valence electrons. The molecule has 1 aromatic heterocycles. The van der Waals surface area contributed by atoms with Crippen LogP contribution in [0.1, 0.15) is 43.0 Å². The minimum Gasteiger partial charge on any atom is -0.454 e. The van der Waals surface area contributed by atoms with E-state index in [4.69, 9.17) is 15.9 Å². The number of nitrogens with one attached hydrogen (secondary N) is 1. The first-order chi connectivity index (χ1) is 8.99. The van der Waals surface area contributed by atoms with Crippen molar-refractivity contribution in [2.75, 3.05) is 6.54 Å². The van der Waals surface area contributed by atoms with Gasteiger partial charge in [0.25, 0.3) is 5.91 Å². The number of carbonyl (C=O) groups is 2. The molecule has 6 nitrogen and oxygen atoms in total. The summed E-state index contributed by atoms with van der Waals surface area (Å²) in [6.45, 7) is 4.40. The van der Waals surface area contributed by atoms with E-state index in [1.807, 2.05) is 13.8 Å². The molecule has 0 aliphatic heterocycles. The lowest BCUT2D eigenvalue weighted by molar-refractivity contribution is -0.131. The van der Waals surface area contributed by atoms with Crippen molar-refractivity contribution in [3.63, 3.8) is 0 Å². The maximum absolute atomic E-state index is 12.1. The molecule has 0 spiro atoms. The lowest BCUT2D eigenvalue weighted by Crippen LogP contribution is -2.44. The van der Waals surface area contributed by atoms with Gasteiger partial charge in [0.15, 0.2) is 5.76 Å². The standard InChI is InChI=1S/C13H21N3O3/c1-3-13(4-2,8-14)12(18)16-7-9-5-6-10(19-9)11(15)17/h5-6H,3-4,7-8,14H2,1-2H3,(H2,15,17)(H,16,18). The zero-order valence-electron chi connectivity index (χ0n) is 11.4. The number of hydrogen-bond donors (Lipinski definition) is 3. The van der Waals surface area contributed by atoms with Crippen molar-refractivity contribution in [2.24, 2.45) is 16.9 Å². The molecular weight excluding hydrogens is 246 g/mol. The van der Waals surface area contributed by atoms with Gasteiger partial charge in [0, 0.05) is 6.54 Å². The first-order valence-corrected chi connectivity index (χ1v) is 6.36. The van der Waals surface area contributed by atoms with Gasteiger partial charge in [-0.2, -0.15) is 0 Å². The SMILES string of the molecule is CCC(CC)(CN)C(=O)NCc1ccc(C(N)=O)o1. The van der Waals surface area contributed by atoms with Crippen LogP contribution in [-0.4, -0.2) is 18.4 Å². The highest BCUT2D eigenvalue weighted by molar-refractivity contribution is 5.89. The van der Waals surface area contributed by atoms with Crippen LogP contribution >= 0.6 is 0 Å². The van der Waals surface area contributed by atoms with Crippen LogP contribution < -0.4 is 16.8 Å². The number of hydrogen-bond acceptors (Lipinski definition) is 4. The average Bonchev–Trinajstić information content (AvgIpc) is 2.88. The summed E-state index contributed by atoms with van der Waals surface area (Å²) >= 11 is 0. The smallest absolute Gasteiger partial charge is 0.284 e. The van der Waals surface area contributed by atoms with Crippen molar-refractivity contribution < 1.29 is 14.0 Å². The molecule has 0 unspecified atom stereocenters. The number of carbonyl (C=O) groups excluding carboxylic acids is 2. The van der Waals surface area contributed by atoms with Gasteiger partial charge in [-0.1, -0.05) is 13.8 Å². The summed E-state index contributed by atoms with van der Waals surface area (Å²) in [5, 5.41) is 2.78. The third-order valence-corrected chi connectivity index (χ3v) is 3.55. The van der Waals surface area contributed by atoms with Crippen molar-refractivity contribution in [3.8, 4) is 0 Å². The van der Waals surface area contributed by atoms with Gasteiger partial charge in [0.05, 0.1) is 12.0 Å². The largest absolute Gasteiger partial charge is 0.454 e. The lowest BCUT2D eigenvalue weighted by Gasteiger charge is -2.28. The first kappa shape index (κ1) is 15.2. The minimum absolute atomic E-state index is 0.0836. The molecule has 1 rings (SSSR count). The fraction of sp³-hybridized carbons (Fsp3) is 0.538. The van der Waals surface area contributed by atoms with Crippen molar-refractivity contribution >= 4 is 11.8 Å². The number of rotatable bonds is 7. The summed E-state index contributed by atoms with van der Waals surface area (Å²) in [6.07, 6.45) is 1.35. The van der Waals surface area contributed by atoms with Gasteiger partial charge >= 0.3 is 0 Å². The summed E-state index contributed by atoms with van der Waals surface area (Å²) < 4.78 is 5.19. The maximum Gasteiger partial charge on any atom is 0.284 e. The second-order valence-corrected chi connectivity index (χ2v) is 4.50. The number of furan rings is 1. The summed E-state index contributed by atoms with van der Waals surface area (Å²) in [5.74, 6) is -0.159. The van der Waals surface area contributed by atoms with E-state index in [1.165, 1.54) is 6.07 Å². The van der Waals surface area contributed by atoms with E-state index in [2.05, 4.69) is 5.32 Å². The Labute approximate surface area is 112 Å². The van der Waals surface area contributed by atoms with Gasteiger partial charge < -0.3 is 21.2 Å². The minimum atomic E-state index is -0.629. The Bertz CT molecular complexity index is 441. The van der Waals surface area contributed by atoms with Gasteiger partial charge in [-0.25, -0.2) is 0 Å². The number of amides is 2. The summed E-state index contributed by atoms with van der Waals surface area (Å²) in [4.78, 5) is 23.0. The van der Waals surface area contributed by atoms with Crippen LogP contribution in [0.25, 0.3) is 0 Å². The molecule has 5 N–H and O–H groups in total. The first-order valence-electron chi connectivity index (χ1n) is 6.36. The number of nitrogens with two attached hydrogens (primary N) is 2. The molecule has 0 bridgehead atoms. The molecular formula is C13H21N3O3. The normalized spacial score (nSPS) is 11.3. The fourth-order valence-electron chi connectivity index (χ4n) is 1.91. The Morgan fingerprint density at radius 1 is 1.32 bits per heavy atom. The van der Waals surface area contributed by atoms with Gasteiger partial charge in [0.1, 0.15) is 5.76 Å². The van der Waals surface area contributed by atoms with Gasteiger partial charge in [0.2, 0.25) is 5.91 Å². The quantitative estimate of drug-likeness (QED) is 0.677. The van der Waals surface area contributed by atoms with E-state index < -0.39 is 11.3 Å². The third-order valence-electron chi connectivity index (χ3n) is 3.55. The highest BCUT2D eigenvalue weighted by Crippen LogP contribution is 2.25. The van der Waals surface area contributed by atoms with Gasteiger partial charge in [-0.05, 0) is 25.0 Å². The monoisotopic (exact) mass is 267 g/mol. The molecule has 0 aliphatic carbocycles. The Morgan fingerprint density at radius 3 is 2.37 bits per heavy atom. The molecule has 0 aliphatic rings. The second-order valence-electron chi connectivity index (χ2n) is 4.50. The Kier molecular flexibility index (Phi) is 5.11. The Balaban J connectivity index is 2.65. The van der Waals surface area contributed by atoms with E-state index in [-0.39, 0.29) is 18.2 Å². The van der Waals surface area contributed by atoms with Crippen LogP contribution in [0.5, 0.6) is 0 Å². The molecule has 0 aromatic carbocycles. The van der Waals surface area contributed by atoms with Crippen LogP contribution in [0.3, 0.4) is 0 Å². The fourth-order valence-corrected chi connectivity index (χ4v) is 1.91. The molecule has 0 atom stereocenters. The van der Waals surface area contributed by atoms with Gasteiger partial charge in [-0.15, -0.1) is 0 Å². The predicted octanol–water partition coefficient (Wildman–Crippen LogP) is 0.760. The Morgan fingerprint density at radius 2 is 1.95 bits per heavy atom. The van der Waals surface area contributed by atoms with Crippen LogP contribution in [0.15, 0.2) is 16.5 Å². The predicted molar refractivity (Wildman–Crippen MR) is 71.1 cm³/mol. The van der Waals surface area contributed by atoms with Crippen molar-refractivity contribution in [1.82, 2.24) is 5.32 Å². The molecule has 0 radical (unpaired) electrons. The van der Waals surface area contributed by atoms with E-state index in [1.54, 1.807) is 6.07 Å². The van der Waals surface area contributed by atoms with Gasteiger partial charge in [-0.3, -0.25) is 9.59 Å². The van der Waals surface area contributed by atoms with Crippen molar-refractivity contribution in [3.05, 3.63) is 23.7 Å². The lowest BCUT2D eigenvalue weighted by atomic mass is 9.81. The zero-order valence-corrected chi connectivity index (χ0v) is 11.4. The molecule has 19 heavy (non-hydrogen) atoms. The number of primary amides is 1. The highest BCUT2D eigenvalue weighted by atomic mass is 16.4. The van der Waals surface area contributed by atoms with Crippen LogP contribution in [0.4, 0.5) is 0 Å². The zero-order chi connectivity index (χ0) is 14.5. The molecule has 0 fully saturated rings. The van der Waals surface area contributed by atoms with Crippen molar-refractivity contribution in [2.45, 2.75) is 33.2 Å². The van der Waals surface area contributed by atoms with E-state index in [0.29, 0.717) is 25.1 Å². The Hall–Kier alpha value is -1.82. The average molecular weight is 267 g/mol. The summed E-state index contributed by atoms with van der Waals surface area (Å²) in [6, 6.07) is 3.10. The molecule has 1 heterocycles. The molecule has 6 heteroatoms.